The Balaban J connectivity index is 1.58. The zero-order valence-corrected chi connectivity index (χ0v) is 16.1. The molecule has 3 aromatic rings. The monoisotopic (exact) mass is 402 g/mol. The van der Waals surface area contributed by atoms with Crippen LogP contribution in [0.3, 0.4) is 0 Å². The van der Waals surface area contributed by atoms with E-state index in [9.17, 15) is 14.4 Å². The summed E-state index contributed by atoms with van der Waals surface area (Å²) < 4.78 is 6.75. The summed E-state index contributed by atoms with van der Waals surface area (Å²) in [7, 11) is 1.55. The van der Waals surface area contributed by atoms with E-state index in [1.165, 1.54) is 6.08 Å². The third kappa shape index (κ3) is 3.83. The van der Waals surface area contributed by atoms with Gasteiger partial charge in [0.2, 0.25) is 0 Å². The molecular formula is C22H18N4O4. The maximum Gasteiger partial charge on any atom is 0.331 e. The van der Waals surface area contributed by atoms with Crippen molar-refractivity contribution >= 4 is 23.9 Å². The first-order valence-corrected chi connectivity index (χ1v) is 9.17. The summed E-state index contributed by atoms with van der Waals surface area (Å²) in [6, 6.07) is 15.7. The number of amides is 4. The van der Waals surface area contributed by atoms with E-state index in [0.717, 1.165) is 16.2 Å². The number of hydrogen-bond donors (Lipinski definition) is 1. The van der Waals surface area contributed by atoms with Gasteiger partial charge >= 0.3 is 6.03 Å². The largest absolute Gasteiger partial charge is 0.497 e. The number of ether oxygens (including phenoxy) is 1. The van der Waals surface area contributed by atoms with E-state index in [1.807, 2.05) is 30.3 Å². The molecule has 1 fully saturated rings. The molecule has 1 saturated heterocycles. The van der Waals surface area contributed by atoms with E-state index in [-0.39, 0.29) is 12.1 Å². The molecular weight excluding hydrogens is 384 g/mol. The molecule has 0 bridgehead atoms. The lowest BCUT2D eigenvalue weighted by atomic mass is 10.1. The van der Waals surface area contributed by atoms with Crippen molar-refractivity contribution in [3.05, 3.63) is 83.7 Å². The van der Waals surface area contributed by atoms with E-state index in [2.05, 4.69) is 10.4 Å². The van der Waals surface area contributed by atoms with Gasteiger partial charge < -0.3 is 4.74 Å². The molecule has 8 nitrogen and oxygen atoms in total. The number of urea groups is 1. The summed E-state index contributed by atoms with van der Waals surface area (Å²) >= 11 is 0. The normalized spacial score (nSPS) is 15.4. The van der Waals surface area contributed by atoms with Crippen molar-refractivity contribution in [2.45, 2.75) is 6.54 Å². The zero-order valence-electron chi connectivity index (χ0n) is 16.1. The maximum atomic E-state index is 12.9. The van der Waals surface area contributed by atoms with Gasteiger partial charge in [0.15, 0.2) is 0 Å². The number of rotatable bonds is 5. The van der Waals surface area contributed by atoms with E-state index in [1.54, 1.807) is 48.5 Å². The fourth-order valence-electron chi connectivity index (χ4n) is 3.05. The molecule has 0 spiro atoms. The molecule has 8 heteroatoms. The molecule has 4 rings (SSSR count). The highest BCUT2D eigenvalue weighted by atomic mass is 16.5. The minimum atomic E-state index is -0.752. The van der Waals surface area contributed by atoms with Crippen LogP contribution in [0.4, 0.5) is 4.79 Å². The number of nitrogens with zero attached hydrogens (tertiary/aromatic N) is 3. The van der Waals surface area contributed by atoms with Crippen LogP contribution in [0, 0.1) is 0 Å². The van der Waals surface area contributed by atoms with Crippen LogP contribution in [0.25, 0.3) is 11.8 Å². The fourth-order valence-corrected chi connectivity index (χ4v) is 3.05. The third-order valence-corrected chi connectivity index (χ3v) is 4.62. The lowest BCUT2D eigenvalue weighted by Crippen LogP contribution is -2.53. The molecule has 1 aliphatic heterocycles. The molecule has 0 atom stereocenters. The molecule has 30 heavy (non-hydrogen) atoms. The lowest BCUT2D eigenvalue weighted by Gasteiger charge is -2.26. The predicted octanol–water partition coefficient (Wildman–Crippen LogP) is 2.54. The summed E-state index contributed by atoms with van der Waals surface area (Å²) in [6.45, 7) is 0.0303. The molecule has 0 unspecified atom stereocenters. The van der Waals surface area contributed by atoms with E-state index < -0.39 is 17.8 Å². The van der Waals surface area contributed by atoms with Gasteiger partial charge in [0.05, 0.1) is 25.5 Å². The molecule has 2 heterocycles. The number of aromatic nitrogens is 2. The smallest absolute Gasteiger partial charge is 0.331 e. The fraction of sp³-hybridized carbons (Fsp3) is 0.0909. The number of hydrogen-bond acceptors (Lipinski definition) is 5. The minimum Gasteiger partial charge on any atom is -0.497 e. The number of imide groups is 2. The van der Waals surface area contributed by atoms with Gasteiger partial charge in [0.25, 0.3) is 11.8 Å². The SMILES string of the molecule is COc1ccc(CN2C(=O)NC(=O)C(=Cc3cnn(-c4ccccc4)c3)C2=O)cc1. The van der Waals surface area contributed by atoms with Crippen LogP contribution in [0.2, 0.25) is 0 Å². The molecule has 0 aliphatic carbocycles. The molecule has 1 N–H and O–H groups in total. The third-order valence-electron chi connectivity index (χ3n) is 4.62. The Hall–Kier alpha value is -4.20. The zero-order chi connectivity index (χ0) is 21.1. The Kier molecular flexibility index (Phi) is 5.13. The number of carbonyl (C=O) groups is 3. The van der Waals surface area contributed by atoms with Crippen LogP contribution in [-0.2, 0) is 16.1 Å². The van der Waals surface area contributed by atoms with Crippen molar-refractivity contribution in [3.8, 4) is 11.4 Å². The number of barbiturate groups is 1. The van der Waals surface area contributed by atoms with E-state index >= 15 is 0 Å². The van der Waals surface area contributed by atoms with Gasteiger partial charge in [0, 0.05) is 11.8 Å². The molecule has 0 radical (unpaired) electrons. The predicted molar refractivity (Wildman–Crippen MR) is 109 cm³/mol. The highest BCUT2D eigenvalue weighted by Crippen LogP contribution is 2.19. The average molecular weight is 402 g/mol. The standard InChI is InChI=1S/C22H18N4O4/c1-30-18-9-7-15(8-10-18)13-25-21(28)19(20(27)24-22(25)29)11-16-12-23-26(14-16)17-5-3-2-4-6-17/h2-12,14H,13H2,1H3,(H,24,27,29). The van der Waals surface area contributed by atoms with Crippen LogP contribution in [0.15, 0.2) is 72.6 Å². The quantitative estimate of drug-likeness (QED) is 0.523. The minimum absolute atomic E-state index is 0.0303. The van der Waals surface area contributed by atoms with Crippen LogP contribution < -0.4 is 10.1 Å². The first-order chi connectivity index (χ1) is 14.5. The number of para-hydroxylation sites is 1. The molecule has 0 saturated carbocycles. The number of methoxy groups -OCH3 is 1. The molecule has 2 aromatic carbocycles. The van der Waals surface area contributed by atoms with Crippen molar-refractivity contribution in [1.29, 1.82) is 0 Å². The van der Waals surface area contributed by atoms with Gasteiger partial charge in [-0.15, -0.1) is 0 Å². The van der Waals surface area contributed by atoms with Crippen molar-refractivity contribution in [3.63, 3.8) is 0 Å². The highest BCUT2D eigenvalue weighted by Gasteiger charge is 2.35. The highest BCUT2D eigenvalue weighted by molar-refractivity contribution is 6.30. The Bertz CT molecular complexity index is 1130. The second-order valence-corrected chi connectivity index (χ2v) is 6.61. The molecule has 1 aromatic heterocycles. The van der Waals surface area contributed by atoms with Crippen molar-refractivity contribution < 1.29 is 19.1 Å². The van der Waals surface area contributed by atoms with E-state index in [4.69, 9.17) is 4.74 Å². The second-order valence-electron chi connectivity index (χ2n) is 6.61. The van der Waals surface area contributed by atoms with Crippen molar-refractivity contribution in [1.82, 2.24) is 20.0 Å². The number of carbonyl (C=O) groups excluding carboxylic acids is 3. The van der Waals surface area contributed by atoms with Crippen LogP contribution in [0.5, 0.6) is 5.75 Å². The summed E-state index contributed by atoms with van der Waals surface area (Å²) in [5.41, 5.74) is 2.01. The summed E-state index contributed by atoms with van der Waals surface area (Å²) in [4.78, 5) is 38.4. The Morgan fingerprint density at radius 2 is 1.77 bits per heavy atom. The van der Waals surface area contributed by atoms with Gasteiger partial charge in [-0.3, -0.25) is 19.8 Å². The van der Waals surface area contributed by atoms with Gasteiger partial charge in [-0.2, -0.15) is 5.10 Å². The Labute approximate surface area is 172 Å². The molecule has 4 amide bonds. The summed E-state index contributed by atoms with van der Waals surface area (Å²) in [5, 5.41) is 6.48. The molecule has 1 aliphatic rings. The van der Waals surface area contributed by atoms with Gasteiger partial charge in [-0.05, 0) is 35.9 Å². The number of nitrogens with one attached hydrogen (secondary N) is 1. The van der Waals surface area contributed by atoms with Crippen molar-refractivity contribution in [2.75, 3.05) is 7.11 Å². The van der Waals surface area contributed by atoms with Crippen LogP contribution >= 0.6 is 0 Å². The second kappa shape index (κ2) is 8.04. The lowest BCUT2D eigenvalue weighted by molar-refractivity contribution is -0.130. The van der Waals surface area contributed by atoms with Crippen molar-refractivity contribution in [2.24, 2.45) is 0 Å². The van der Waals surface area contributed by atoms with Gasteiger partial charge in [0.1, 0.15) is 11.3 Å². The van der Waals surface area contributed by atoms with Gasteiger partial charge in [-0.1, -0.05) is 30.3 Å². The Morgan fingerprint density at radius 3 is 2.47 bits per heavy atom. The summed E-state index contributed by atoms with van der Waals surface area (Å²) in [5.74, 6) is -0.727. The number of benzene rings is 2. The van der Waals surface area contributed by atoms with Crippen LogP contribution in [0.1, 0.15) is 11.1 Å². The van der Waals surface area contributed by atoms with E-state index in [0.29, 0.717) is 11.3 Å². The van der Waals surface area contributed by atoms with Crippen LogP contribution in [-0.4, -0.2) is 39.6 Å². The summed E-state index contributed by atoms with van der Waals surface area (Å²) in [6.07, 6.45) is 4.68. The average Bonchev–Trinajstić information content (AvgIpc) is 3.24. The topological polar surface area (TPSA) is 93.5 Å². The first-order valence-electron chi connectivity index (χ1n) is 9.17. The first kappa shape index (κ1) is 19.1. The molecule has 150 valence electrons. The maximum absolute atomic E-state index is 12.9. The van der Waals surface area contributed by atoms with Gasteiger partial charge in [-0.25, -0.2) is 9.48 Å². The Morgan fingerprint density at radius 1 is 1.03 bits per heavy atom.